The lowest BCUT2D eigenvalue weighted by molar-refractivity contribution is -0.133. The van der Waals surface area contributed by atoms with Crippen LogP contribution in [0, 0.1) is 6.92 Å². The van der Waals surface area contributed by atoms with E-state index in [0.717, 1.165) is 23.4 Å². The lowest BCUT2D eigenvalue weighted by atomic mass is 9.90. The molecule has 7 nitrogen and oxygen atoms in total. The first kappa shape index (κ1) is 19.8. The summed E-state index contributed by atoms with van der Waals surface area (Å²) < 4.78 is 0. The van der Waals surface area contributed by atoms with Crippen molar-refractivity contribution in [2.24, 2.45) is 0 Å². The van der Waals surface area contributed by atoms with Crippen LogP contribution < -0.4 is 10.2 Å². The minimum atomic E-state index is -0.230. The molecule has 3 rings (SSSR count). The van der Waals surface area contributed by atoms with Crippen molar-refractivity contribution >= 4 is 17.8 Å². The van der Waals surface area contributed by atoms with Crippen molar-refractivity contribution in [1.82, 2.24) is 20.2 Å². The van der Waals surface area contributed by atoms with Crippen LogP contribution in [0.2, 0.25) is 0 Å². The second-order valence-corrected chi connectivity index (χ2v) is 7.35. The van der Waals surface area contributed by atoms with Crippen LogP contribution in [0.3, 0.4) is 0 Å². The van der Waals surface area contributed by atoms with E-state index >= 15 is 0 Å². The van der Waals surface area contributed by atoms with Crippen LogP contribution in [0.5, 0.6) is 0 Å². The Hall–Kier alpha value is -2.96. The van der Waals surface area contributed by atoms with Gasteiger partial charge in [-0.05, 0) is 30.5 Å². The van der Waals surface area contributed by atoms with Crippen molar-refractivity contribution in [1.29, 1.82) is 0 Å². The van der Waals surface area contributed by atoms with E-state index in [-0.39, 0.29) is 24.3 Å². The Morgan fingerprint density at radius 2 is 2.00 bits per heavy atom. The molecule has 1 aliphatic heterocycles. The maximum Gasteiger partial charge on any atom is 0.225 e. The number of carbonyl (C=O) groups is 2. The number of amides is 2. The number of carbonyl (C=O) groups excluding carboxylic acids is 2. The zero-order chi connectivity index (χ0) is 20.3. The topological polar surface area (TPSA) is 78.4 Å². The van der Waals surface area contributed by atoms with E-state index in [9.17, 15) is 9.59 Å². The molecular formula is C21H27N5O2. The Labute approximate surface area is 165 Å². The van der Waals surface area contributed by atoms with Gasteiger partial charge in [-0.3, -0.25) is 9.59 Å². The number of hydrogen-bond donors (Lipinski definition) is 1. The third-order valence-corrected chi connectivity index (χ3v) is 4.96. The molecule has 1 aromatic carbocycles. The number of fused-ring (bicyclic) bond motifs is 1. The van der Waals surface area contributed by atoms with Gasteiger partial charge < -0.3 is 15.1 Å². The largest absolute Gasteiger partial charge is 0.350 e. The van der Waals surface area contributed by atoms with Gasteiger partial charge in [0, 0.05) is 33.3 Å². The van der Waals surface area contributed by atoms with Crippen molar-refractivity contribution in [2.45, 2.75) is 39.3 Å². The Kier molecular flexibility index (Phi) is 5.92. The Balaban J connectivity index is 1.71. The zero-order valence-corrected chi connectivity index (χ0v) is 16.9. The monoisotopic (exact) mass is 381 g/mol. The highest BCUT2D eigenvalue weighted by Crippen LogP contribution is 2.32. The summed E-state index contributed by atoms with van der Waals surface area (Å²) in [7, 11) is 3.77. The molecule has 0 fully saturated rings. The number of nitrogens with zero attached hydrogens (tertiary/aromatic N) is 4. The van der Waals surface area contributed by atoms with Gasteiger partial charge in [-0.25, -0.2) is 9.97 Å². The van der Waals surface area contributed by atoms with Crippen molar-refractivity contribution in [3.8, 4) is 0 Å². The van der Waals surface area contributed by atoms with Gasteiger partial charge in [-0.1, -0.05) is 24.3 Å². The maximum absolute atomic E-state index is 12.7. The summed E-state index contributed by atoms with van der Waals surface area (Å²) in [5.41, 5.74) is 3.88. The van der Waals surface area contributed by atoms with E-state index < -0.39 is 0 Å². The quantitative estimate of drug-likeness (QED) is 0.857. The van der Waals surface area contributed by atoms with Gasteiger partial charge in [-0.2, -0.15) is 0 Å². The third kappa shape index (κ3) is 4.47. The molecule has 0 saturated heterocycles. The van der Waals surface area contributed by atoms with E-state index in [4.69, 9.17) is 0 Å². The van der Waals surface area contributed by atoms with Crippen molar-refractivity contribution < 1.29 is 9.59 Å². The number of rotatable bonds is 5. The molecule has 0 bridgehead atoms. The first-order chi connectivity index (χ1) is 13.3. The summed E-state index contributed by atoms with van der Waals surface area (Å²) in [6.07, 6.45) is 1.06. The van der Waals surface area contributed by atoms with Crippen LogP contribution in [0.1, 0.15) is 41.9 Å². The van der Waals surface area contributed by atoms with Crippen molar-refractivity contribution in [2.75, 3.05) is 25.5 Å². The summed E-state index contributed by atoms with van der Waals surface area (Å²) in [6, 6.07) is 9.68. The molecule has 2 amide bonds. The standard InChI is InChI=1S/C21H27N5O2/c1-14-11-17(24-21(23-14)25(3)4)13-22-20(28)12-19-18-8-6-5-7-16(18)9-10-26(19)15(2)27/h5-8,11,19H,9-10,12-13H2,1-4H3,(H,22,28). The molecule has 2 aromatic rings. The first-order valence-electron chi connectivity index (χ1n) is 9.48. The van der Waals surface area contributed by atoms with Crippen LogP contribution in [0.15, 0.2) is 30.3 Å². The van der Waals surface area contributed by atoms with Gasteiger partial charge >= 0.3 is 0 Å². The molecule has 1 atom stereocenters. The Morgan fingerprint density at radius 3 is 2.71 bits per heavy atom. The summed E-state index contributed by atoms with van der Waals surface area (Å²) in [4.78, 5) is 37.2. The highest BCUT2D eigenvalue weighted by molar-refractivity contribution is 5.79. The van der Waals surface area contributed by atoms with Crippen LogP contribution in [-0.2, 0) is 22.6 Å². The van der Waals surface area contributed by atoms with E-state index in [1.54, 1.807) is 11.8 Å². The highest BCUT2D eigenvalue weighted by Gasteiger charge is 2.30. The fourth-order valence-electron chi connectivity index (χ4n) is 3.59. The molecule has 0 aliphatic carbocycles. The normalized spacial score (nSPS) is 15.7. The molecular weight excluding hydrogens is 354 g/mol. The van der Waals surface area contributed by atoms with E-state index in [1.807, 2.05) is 50.2 Å². The average molecular weight is 381 g/mol. The second kappa shape index (κ2) is 8.37. The molecule has 1 aliphatic rings. The maximum atomic E-state index is 12.7. The molecule has 0 saturated carbocycles. The molecule has 0 radical (unpaired) electrons. The third-order valence-electron chi connectivity index (χ3n) is 4.96. The lowest BCUT2D eigenvalue weighted by Crippen LogP contribution is -2.41. The molecule has 7 heteroatoms. The van der Waals surface area contributed by atoms with Gasteiger partial charge in [0.25, 0.3) is 0 Å². The van der Waals surface area contributed by atoms with Crippen molar-refractivity contribution in [3.05, 3.63) is 52.8 Å². The highest BCUT2D eigenvalue weighted by atomic mass is 16.2. The van der Waals surface area contributed by atoms with Crippen LogP contribution in [-0.4, -0.2) is 47.3 Å². The van der Waals surface area contributed by atoms with Crippen LogP contribution in [0.25, 0.3) is 0 Å². The zero-order valence-electron chi connectivity index (χ0n) is 16.9. The molecule has 148 valence electrons. The van der Waals surface area contributed by atoms with Gasteiger partial charge in [0.15, 0.2) is 0 Å². The molecule has 1 unspecified atom stereocenters. The number of hydrogen-bond acceptors (Lipinski definition) is 5. The van der Waals surface area contributed by atoms with E-state index in [1.165, 1.54) is 5.56 Å². The average Bonchev–Trinajstić information content (AvgIpc) is 2.66. The summed E-state index contributed by atoms with van der Waals surface area (Å²) in [5, 5.41) is 2.94. The predicted octanol–water partition coefficient (Wildman–Crippen LogP) is 2.00. The van der Waals surface area contributed by atoms with Crippen LogP contribution in [0.4, 0.5) is 5.95 Å². The molecule has 1 N–H and O–H groups in total. The van der Waals surface area contributed by atoms with E-state index in [2.05, 4.69) is 21.4 Å². The van der Waals surface area contributed by atoms with Gasteiger partial charge in [0.05, 0.1) is 24.7 Å². The summed E-state index contributed by atoms with van der Waals surface area (Å²) in [5.74, 6) is 0.512. The number of anilines is 1. The molecule has 28 heavy (non-hydrogen) atoms. The molecule has 0 spiro atoms. The smallest absolute Gasteiger partial charge is 0.225 e. The van der Waals surface area contributed by atoms with Crippen LogP contribution >= 0.6 is 0 Å². The fourth-order valence-corrected chi connectivity index (χ4v) is 3.59. The first-order valence-corrected chi connectivity index (χ1v) is 9.48. The fraction of sp³-hybridized carbons (Fsp3) is 0.429. The Morgan fingerprint density at radius 1 is 1.25 bits per heavy atom. The molecule has 1 aromatic heterocycles. The number of nitrogens with one attached hydrogen (secondary N) is 1. The molecule has 2 heterocycles. The number of aromatic nitrogens is 2. The van der Waals surface area contributed by atoms with Crippen molar-refractivity contribution in [3.63, 3.8) is 0 Å². The summed E-state index contributed by atoms with van der Waals surface area (Å²) in [6.45, 7) is 4.44. The second-order valence-electron chi connectivity index (χ2n) is 7.35. The SMILES string of the molecule is CC(=O)N1CCc2ccccc2C1CC(=O)NCc1cc(C)nc(N(C)C)n1. The minimum Gasteiger partial charge on any atom is -0.350 e. The number of aryl methyl sites for hydroxylation is 1. The predicted molar refractivity (Wildman–Crippen MR) is 108 cm³/mol. The Bertz CT molecular complexity index is 881. The van der Waals surface area contributed by atoms with Gasteiger partial charge in [0.2, 0.25) is 17.8 Å². The summed E-state index contributed by atoms with van der Waals surface area (Å²) >= 11 is 0. The number of benzene rings is 1. The van der Waals surface area contributed by atoms with Gasteiger partial charge in [0.1, 0.15) is 0 Å². The van der Waals surface area contributed by atoms with E-state index in [0.29, 0.717) is 19.0 Å². The van der Waals surface area contributed by atoms with Gasteiger partial charge in [-0.15, -0.1) is 0 Å². The minimum absolute atomic E-state index is 0.00523. The lowest BCUT2D eigenvalue weighted by Gasteiger charge is -2.36.